The molecular formula is C13H23NO3. The van der Waals surface area contributed by atoms with E-state index in [-0.39, 0.29) is 11.9 Å². The maximum Gasteiger partial charge on any atom is 0.318 e. The molecule has 0 radical (unpaired) electrons. The summed E-state index contributed by atoms with van der Waals surface area (Å²) in [5.41, 5.74) is -1.34. The molecule has 17 heavy (non-hydrogen) atoms. The van der Waals surface area contributed by atoms with Crippen LogP contribution in [0.2, 0.25) is 0 Å². The molecule has 0 aromatic heterocycles. The standard InChI is InChI=1S/C13H23NO3/c1-9(10-7-5-4-6-8-10)14-11(15)13(2,3)12(16)17/h9-10H,4-8H2,1-3H3,(H,14,15)(H,16,17). The van der Waals surface area contributed by atoms with Crippen molar-refractivity contribution in [2.75, 3.05) is 0 Å². The van der Waals surface area contributed by atoms with E-state index < -0.39 is 11.4 Å². The summed E-state index contributed by atoms with van der Waals surface area (Å²) in [4.78, 5) is 22.8. The third-order valence-corrected chi connectivity index (χ3v) is 3.82. The minimum Gasteiger partial charge on any atom is -0.480 e. The molecule has 0 heterocycles. The largest absolute Gasteiger partial charge is 0.480 e. The number of carbonyl (C=O) groups is 2. The molecule has 4 nitrogen and oxygen atoms in total. The molecule has 1 atom stereocenters. The molecule has 1 amide bonds. The minimum absolute atomic E-state index is 0.0708. The van der Waals surface area contributed by atoms with Gasteiger partial charge in [0.25, 0.3) is 0 Å². The second-order valence-electron chi connectivity index (χ2n) is 5.59. The van der Waals surface area contributed by atoms with Crippen LogP contribution in [0.5, 0.6) is 0 Å². The van der Waals surface area contributed by atoms with Crippen molar-refractivity contribution < 1.29 is 14.7 Å². The van der Waals surface area contributed by atoms with Crippen LogP contribution in [0.15, 0.2) is 0 Å². The number of rotatable bonds is 4. The van der Waals surface area contributed by atoms with E-state index in [9.17, 15) is 9.59 Å². The van der Waals surface area contributed by atoms with Gasteiger partial charge < -0.3 is 10.4 Å². The zero-order chi connectivity index (χ0) is 13.1. The summed E-state index contributed by atoms with van der Waals surface area (Å²) >= 11 is 0. The first-order valence-corrected chi connectivity index (χ1v) is 6.40. The molecule has 1 fully saturated rings. The van der Waals surface area contributed by atoms with Crippen LogP contribution in [0.25, 0.3) is 0 Å². The lowest BCUT2D eigenvalue weighted by Crippen LogP contribution is -2.48. The van der Waals surface area contributed by atoms with Gasteiger partial charge in [0.15, 0.2) is 0 Å². The summed E-state index contributed by atoms with van der Waals surface area (Å²) < 4.78 is 0. The van der Waals surface area contributed by atoms with Crippen LogP contribution in [0.1, 0.15) is 52.9 Å². The fourth-order valence-electron chi connectivity index (χ4n) is 2.24. The summed E-state index contributed by atoms with van der Waals surface area (Å²) in [6, 6.07) is 0.0708. The first-order chi connectivity index (χ1) is 7.85. The van der Waals surface area contributed by atoms with E-state index in [1.807, 2.05) is 6.92 Å². The van der Waals surface area contributed by atoms with E-state index in [1.165, 1.54) is 33.1 Å². The van der Waals surface area contributed by atoms with Crippen molar-refractivity contribution in [1.82, 2.24) is 5.32 Å². The number of nitrogens with one attached hydrogen (secondary N) is 1. The molecule has 0 spiro atoms. The van der Waals surface area contributed by atoms with E-state index in [0.29, 0.717) is 5.92 Å². The maximum absolute atomic E-state index is 11.9. The van der Waals surface area contributed by atoms with Crippen molar-refractivity contribution in [3.05, 3.63) is 0 Å². The topological polar surface area (TPSA) is 66.4 Å². The highest BCUT2D eigenvalue weighted by Crippen LogP contribution is 2.27. The molecule has 1 aliphatic rings. The first-order valence-electron chi connectivity index (χ1n) is 6.40. The van der Waals surface area contributed by atoms with Gasteiger partial charge in [-0.25, -0.2) is 0 Å². The number of hydrogen-bond acceptors (Lipinski definition) is 2. The van der Waals surface area contributed by atoms with Gasteiger partial charge in [-0.1, -0.05) is 19.3 Å². The fourth-order valence-corrected chi connectivity index (χ4v) is 2.24. The Labute approximate surface area is 103 Å². The lowest BCUT2D eigenvalue weighted by molar-refractivity contribution is -0.153. The third kappa shape index (κ3) is 3.45. The molecule has 0 aromatic carbocycles. The molecule has 2 N–H and O–H groups in total. The molecule has 0 bridgehead atoms. The zero-order valence-electron chi connectivity index (χ0n) is 11.0. The van der Waals surface area contributed by atoms with Crippen LogP contribution in [-0.4, -0.2) is 23.0 Å². The minimum atomic E-state index is -1.34. The molecule has 1 rings (SSSR count). The predicted molar refractivity (Wildman–Crippen MR) is 65.6 cm³/mol. The molecule has 1 aliphatic carbocycles. The van der Waals surface area contributed by atoms with Crippen molar-refractivity contribution in [2.45, 2.75) is 58.9 Å². The number of aliphatic carboxylic acids is 1. The van der Waals surface area contributed by atoms with E-state index in [4.69, 9.17) is 5.11 Å². The van der Waals surface area contributed by atoms with E-state index in [1.54, 1.807) is 0 Å². The van der Waals surface area contributed by atoms with Crippen LogP contribution < -0.4 is 5.32 Å². The second-order valence-corrected chi connectivity index (χ2v) is 5.59. The van der Waals surface area contributed by atoms with Crippen molar-refractivity contribution in [3.8, 4) is 0 Å². The van der Waals surface area contributed by atoms with Crippen molar-refractivity contribution in [2.24, 2.45) is 11.3 Å². The lowest BCUT2D eigenvalue weighted by atomic mass is 9.83. The van der Waals surface area contributed by atoms with Crippen LogP contribution in [0.3, 0.4) is 0 Å². The average Bonchev–Trinajstić information content (AvgIpc) is 2.29. The summed E-state index contributed by atoms with van der Waals surface area (Å²) in [5.74, 6) is -0.966. The third-order valence-electron chi connectivity index (χ3n) is 3.82. The summed E-state index contributed by atoms with van der Waals surface area (Å²) in [6.45, 7) is 4.86. The van der Waals surface area contributed by atoms with Crippen LogP contribution in [-0.2, 0) is 9.59 Å². The van der Waals surface area contributed by atoms with Gasteiger partial charge >= 0.3 is 5.97 Å². The maximum atomic E-state index is 11.9. The molecule has 0 saturated heterocycles. The highest BCUT2D eigenvalue weighted by Gasteiger charge is 2.37. The van der Waals surface area contributed by atoms with Gasteiger partial charge in [0.05, 0.1) is 0 Å². The number of carboxylic acids is 1. The molecule has 0 aliphatic heterocycles. The summed E-state index contributed by atoms with van der Waals surface area (Å²) in [7, 11) is 0. The number of hydrogen-bond donors (Lipinski definition) is 2. The number of carbonyl (C=O) groups excluding carboxylic acids is 1. The Morgan fingerprint density at radius 1 is 1.24 bits per heavy atom. The number of carboxylic acid groups (broad SMARTS) is 1. The van der Waals surface area contributed by atoms with Gasteiger partial charge in [0, 0.05) is 6.04 Å². The Balaban J connectivity index is 2.53. The van der Waals surface area contributed by atoms with Gasteiger partial charge in [0.1, 0.15) is 5.41 Å². The molecule has 98 valence electrons. The SMILES string of the molecule is CC(NC(=O)C(C)(C)C(=O)O)C1CCCCC1. The Kier molecular flexibility index (Phi) is 4.54. The average molecular weight is 241 g/mol. The van der Waals surface area contributed by atoms with E-state index >= 15 is 0 Å². The number of amides is 1. The molecular weight excluding hydrogens is 218 g/mol. The first kappa shape index (κ1) is 14.0. The van der Waals surface area contributed by atoms with Crippen molar-refractivity contribution >= 4 is 11.9 Å². The van der Waals surface area contributed by atoms with E-state index in [0.717, 1.165) is 12.8 Å². The van der Waals surface area contributed by atoms with Crippen molar-refractivity contribution in [1.29, 1.82) is 0 Å². The van der Waals surface area contributed by atoms with Gasteiger partial charge in [-0.2, -0.15) is 0 Å². The van der Waals surface area contributed by atoms with Gasteiger partial charge in [0.2, 0.25) is 5.91 Å². The van der Waals surface area contributed by atoms with Gasteiger partial charge in [-0.05, 0) is 39.5 Å². The summed E-state index contributed by atoms with van der Waals surface area (Å²) in [6.07, 6.45) is 5.97. The quantitative estimate of drug-likeness (QED) is 0.741. The lowest BCUT2D eigenvalue weighted by Gasteiger charge is -2.30. The van der Waals surface area contributed by atoms with Gasteiger partial charge in [-0.3, -0.25) is 9.59 Å². The Bertz CT molecular complexity index is 293. The van der Waals surface area contributed by atoms with Gasteiger partial charge in [-0.15, -0.1) is 0 Å². The molecule has 4 heteroatoms. The van der Waals surface area contributed by atoms with Crippen molar-refractivity contribution in [3.63, 3.8) is 0 Å². The summed E-state index contributed by atoms with van der Waals surface area (Å²) in [5, 5.41) is 11.8. The predicted octanol–water partition coefficient (Wildman–Crippen LogP) is 2.18. The Morgan fingerprint density at radius 3 is 2.24 bits per heavy atom. The smallest absolute Gasteiger partial charge is 0.318 e. The normalized spacial score (nSPS) is 19.7. The fraction of sp³-hybridized carbons (Fsp3) is 0.846. The second kappa shape index (κ2) is 5.52. The van der Waals surface area contributed by atoms with Crippen LogP contribution >= 0.6 is 0 Å². The highest BCUT2D eigenvalue weighted by molar-refractivity contribution is 6.01. The molecule has 0 aromatic rings. The Morgan fingerprint density at radius 2 is 1.76 bits per heavy atom. The zero-order valence-corrected chi connectivity index (χ0v) is 11.0. The highest BCUT2D eigenvalue weighted by atomic mass is 16.4. The Hall–Kier alpha value is -1.06. The van der Waals surface area contributed by atoms with Crippen LogP contribution in [0, 0.1) is 11.3 Å². The molecule has 1 saturated carbocycles. The molecule has 1 unspecified atom stereocenters. The van der Waals surface area contributed by atoms with E-state index in [2.05, 4.69) is 5.32 Å². The van der Waals surface area contributed by atoms with Crippen LogP contribution in [0.4, 0.5) is 0 Å². The monoisotopic (exact) mass is 241 g/mol.